The molecule has 0 radical (unpaired) electrons. The number of rotatable bonds is 0. The third-order valence-electron chi connectivity index (χ3n) is 0.902. The van der Waals surface area contributed by atoms with Crippen LogP contribution in [0.15, 0.2) is 6.33 Å². The van der Waals surface area contributed by atoms with Crippen LogP contribution in [-0.2, 0) is 0 Å². The minimum atomic E-state index is 0. The number of nitrogens with zero attached hydrogens (tertiary/aromatic N) is 4. The van der Waals surface area contributed by atoms with Gasteiger partial charge in [-0.25, -0.2) is 0 Å². The highest BCUT2D eigenvalue weighted by atomic mass is 79.9. The number of hydrogen-bond acceptors (Lipinski definition) is 5. The molecular formula is C3H4BrN5S. The van der Waals surface area contributed by atoms with Crippen LogP contribution in [0.4, 0.5) is 5.13 Å². The highest BCUT2D eigenvalue weighted by Crippen LogP contribution is 2.11. The smallest absolute Gasteiger partial charge is 0.236 e. The Kier molecular flexibility index (Phi) is 1.86. The van der Waals surface area contributed by atoms with Crippen molar-refractivity contribution in [2.75, 3.05) is 5.73 Å². The van der Waals surface area contributed by atoms with Crippen LogP contribution in [0.5, 0.6) is 0 Å². The fourth-order valence-corrected chi connectivity index (χ4v) is 1.16. The van der Waals surface area contributed by atoms with E-state index >= 15 is 0 Å². The maximum atomic E-state index is 5.35. The van der Waals surface area contributed by atoms with Crippen molar-refractivity contribution in [3.8, 4) is 0 Å². The molecule has 0 aliphatic rings. The molecule has 5 nitrogen and oxygen atoms in total. The molecule has 0 unspecified atom stereocenters. The molecule has 0 saturated carbocycles. The van der Waals surface area contributed by atoms with Crippen LogP contribution in [0.3, 0.4) is 0 Å². The summed E-state index contributed by atoms with van der Waals surface area (Å²) in [5.41, 5.74) is 5.35. The number of anilines is 1. The topological polar surface area (TPSA) is 69.1 Å². The van der Waals surface area contributed by atoms with Crippen molar-refractivity contribution in [3.05, 3.63) is 6.33 Å². The van der Waals surface area contributed by atoms with Gasteiger partial charge in [0, 0.05) is 0 Å². The van der Waals surface area contributed by atoms with Gasteiger partial charge in [0.1, 0.15) is 6.33 Å². The molecule has 54 valence electrons. The first-order chi connectivity index (χ1) is 4.36. The van der Waals surface area contributed by atoms with Gasteiger partial charge < -0.3 is 5.73 Å². The predicted molar refractivity (Wildman–Crippen MR) is 43.4 cm³/mol. The predicted octanol–water partition coefficient (Wildman–Crippen LogP) is 0.346. The van der Waals surface area contributed by atoms with Crippen molar-refractivity contribution in [2.45, 2.75) is 0 Å². The highest BCUT2D eigenvalue weighted by Gasteiger charge is 1.98. The number of hydrogen-bond donors (Lipinski definition) is 1. The quantitative estimate of drug-likeness (QED) is 0.698. The Hall–Kier alpha value is -0.690. The lowest BCUT2D eigenvalue weighted by molar-refractivity contribution is 0.962. The van der Waals surface area contributed by atoms with E-state index in [4.69, 9.17) is 5.73 Å². The lowest BCUT2D eigenvalue weighted by atomic mass is 11.2. The highest BCUT2D eigenvalue weighted by molar-refractivity contribution is 8.93. The molecular weight excluding hydrogens is 218 g/mol. The summed E-state index contributed by atoms with van der Waals surface area (Å²) in [6, 6.07) is 0. The molecule has 2 rings (SSSR count). The second-order valence-corrected chi connectivity index (χ2v) is 2.49. The number of halogens is 1. The molecule has 0 aliphatic heterocycles. The van der Waals surface area contributed by atoms with Gasteiger partial charge in [0.2, 0.25) is 10.1 Å². The zero-order valence-electron chi connectivity index (χ0n) is 4.76. The zero-order chi connectivity index (χ0) is 6.27. The van der Waals surface area contributed by atoms with Crippen molar-refractivity contribution in [3.63, 3.8) is 0 Å². The molecule has 0 spiro atoms. The summed E-state index contributed by atoms with van der Waals surface area (Å²) < 4.78 is 1.54. The van der Waals surface area contributed by atoms with E-state index in [9.17, 15) is 0 Å². The van der Waals surface area contributed by atoms with Crippen LogP contribution in [0, 0.1) is 0 Å². The van der Waals surface area contributed by atoms with Crippen LogP contribution in [-0.4, -0.2) is 19.8 Å². The van der Waals surface area contributed by atoms with Crippen LogP contribution >= 0.6 is 28.3 Å². The molecule has 2 aromatic heterocycles. The standard InChI is InChI=1S/C3H3N5S.BrH/c4-2-7-8-1-5-6-3(8)9-2;/h1H,(H2,4,7);1H. The molecule has 0 amide bonds. The van der Waals surface area contributed by atoms with Gasteiger partial charge in [-0.3, -0.25) is 0 Å². The average Bonchev–Trinajstić information content (AvgIpc) is 2.22. The van der Waals surface area contributed by atoms with E-state index in [1.807, 2.05) is 0 Å². The van der Waals surface area contributed by atoms with Gasteiger partial charge >= 0.3 is 0 Å². The fourth-order valence-electron chi connectivity index (χ4n) is 0.575. The van der Waals surface area contributed by atoms with E-state index in [1.165, 1.54) is 17.7 Å². The van der Waals surface area contributed by atoms with E-state index in [1.54, 1.807) is 4.52 Å². The maximum absolute atomic E-state index is 5.35. The fraction of sp³-hybridized carbons (Fsp3) is 0. The van der Waals surface area contributed by atoms with E-state index in [-0.39, 0.29) is 17.0 Å². The Morgan fingerprint density at radius 1 is 1.60 bits per heavy atom. The lowest BCUT2D eigenvalue weighted by Gasteiger charge is -1.71. The second-order valence-electron chi connectivity index (χ2n) is 1.50. The third-order valence-corrected chi connectivity index (χ3v) is 1.64. The Labute approximate surface area is 70.6 Å². The number of nitrogens with two attached hydrogens (primary N) is 1. The molecule has 2 N–H and O–H groups in total. The number of fused-ring (bicyclic) bond motifs is 1. The van der Waals surface area contributed by atoms with Crippen LogP contribution < -0.4 is 5.73 Å². The lowest BCUT2D eigenvalue weighted by Crippen LogP contribution is -1.85. The Morgan fingerprint density at radius 3 is 3.10 bits per heavy atom. The van der Waals surface area contributed by atoms with E-state index in [2.05, 4.69) is 15.3 Å². The van der Waals surface area contributed by atoms with Crippen LogP contribution in [0.2, 0.25) is 0 Å². The van der Waals surface area contributed by atoms with Crippen LogP contribution in [0.25, 0.3) is 4.96 Å². The first kappa shape index (κ1) is 7.42. The summed E-state index contributed by atoms with van der Waals surface area (Å²) in [7, 11) is 0. The van der Waals surface area contributed by atoms with E-state index in [0.717, 1.165) is 4.96 Å². The van der Waals surface area contributed by atoms with Gasteiger partial charge in [-0.05, 0) is 0 Å². The minimum absolute atomic E-state index is 0. The van der Waals surface area contributed by atoms with Gasteiger partial charge in [-0.1, -0.05) is 11.3 Å². The zero-order valence-corrected chi connectivity index (χ0v) is 7.29. The monoisotopic (exact) mass is 221 g/mol. The molecule has 2 aromatic rings. The Balaban J connectivity index is 0.000000500. The summed E-state index contributed by atoms with van der Waals surface area (Å²) in [6.45, 7) is 0. The summed E-state index contributed by atoms with van der Waals surface area (Å²) in [4.78, 5) is 0.729. The Morgan fingerprint density at radius 2 is 2.40 bits per heavy atom. The van der Waals surface area contributed by atoms with Crippen molar-refractivity contribution in [2.24, 2.45) is 0 Å². The second kappa shape index (κ2) is 2.51. The van der Waals surface area contributed by atoms with Crippen molar-refractivity contribution in [1.29, 1.82) is 0 Å². The van der Waals surface area contributed by atoms with Crippen molar-refractivity contribution >= 4 is 38.4 Å². The summed E-state index contributed by atoms with van der Waals surface area (Å²) in [5.74, 6) is 0. The SMILES string of the molecule is Br.Nc1nn2cnnc2s1. The van der Waals surface area contributed by atoms with Gasteiger partial charge in [0.25, 0.3) is 0 Å². The van der Waals surface area contributed by atoms with E-state index < -0.39 is 0 Å². The molecule has 0 atom stereocenters. The molecule has 2 heterocycles. The molecule has 0 fully saturated rings. The number of aromatic nitrogens is 4. The van der Waals surface area contributed by atoms with Crippen LogP contribution in [0.1, 0.15) is 0 Å². The number of nitrogen functional groups attached to an aromatic ring is 1. The molecule has 0 bridgehead atoms. The molecule has 7 heteroatoms. The van der Waals surface area contributed by atoms with Gasteiger partial charge in [0.15, 0.2) is 0 Å². The van der Waals surface area contributed by atoms with Gasteiger partial charge in [-0.2, -0.15) is 4.52 Å². The largest absolute Gasteiger partial charge is 0.374 e. The van der Waals surface area contributed by atoms with Gasteiger partial charge in [-0.15, -0.1) is 32.3 Å². The first-order valence-corrected chi connectivity index (χ1v) is 3.10. The summed E-state index contributed by atoms with van der Waals surface area (Å²) >= 11 is 1.31. The molecule has 0 saturated heterocycles. The first-order valence-electron chi connectivity index (χ1n) is 2.28. The molecule has 10 heavy (non-hydrogen) atoms. The molecule has 0 aromatic carbocycles. The van der Waals surface area contributed by atoms with E-state index in [0.29, 0.717) is 5.13 Å². The minimum Gasteiger partial charge on any atom is -0.374 e. The normalized spacial score (nSPS) is 9.60. The molecule has 0 aliphatic carbocycles. The maximum Gasteiger partial charge on any atom is 0.236 e. The van der Waals surface area contributed by atoms with Gasteiger partial charge in [0.05, 0.1) is 0 Å². The summed E-state index contributed by atoms with van der Waals surface area (Å²) in [6.07, 6.45) is 1.52. The van der Waals surface area contributed by atoms with Crippen molar-refractivity contribution in [1.82, 2.24) is 19.8 Å². The Bertz CT molecular complexity index is 298. The third kappa shape index (κ3) is 0.971. The average molecular weight is 222 g/mol. The van der Waals surface area contributed by atoms with Crippen molar-refractivity contribution < 1.29 is 0 Å². The summed E-state index contributed by atoms with van der Waals surface area (Å²) in [5, 5.41) is 11.7.